The molecule has 0 amide bonds. The summed E-state index contributed by atoms with van der Waals surface area (Å²) in [5, 5.41) is 0. The highest BCUT2D eigenvalue weighted by Crippen LogP contribution is 2.22. The van der Waals surface area contributed by atoms with Gasteiger partial charge in [-0.25, -0.2) is 0 Å². The standard InChI is InChI=1S/C15H15N.C8H10/c1-11(2)13-6-8-14(9-7-13)15-12(3)5-4-10-16-15;1-7-4-3-5-8(2)6-7/h4-10H,1H2,2-3H3;3-6H,1-2H3. The third kappa shape index (κ3) is 4.92. The Morgan fingerprint density at radius 2 is 1.46 bits per heavy atom. The Morgan fingerprint density at radius 1 is 0.833 bits per heavy atom. The van der Waals surface area contributed by atoms with Crippen LogP contribution in [0.3, 0.4) is 0 Å². The molecule has 0 radical (unpaired) electrons. The van der Waals surface area contributed by atoms with Crippen molar-refractivity contribution in [2.24, 2.45) is 0 Å². The number of hydrogen-bond acceptors (Lipinski definition) is 1. The summed E-state index contributed by atoms with van der Waals surface area (Å²) in [5.41, 5.74) is 8.35. The van der Waals surface area contributed by atoms with E-state index in [2.05, 4.69) is 86.9 Å². The predicted octanol–water partition coefficient (Wildman–Crippen LogP) is 6.39. The van der Waals surface area contributed by atoms with E-state index in [9.17, 15) is 0 Å². The van der Waals surface area contributed by atoms with Crippen molar-refractivity contribution in [1.29, 1.82) is 0 Å². The summed E-state index contributed by atoms with van der Waals surface area (Å²) in [6.07, 6.45) is 1.83. The minimum absolute atomic E-state index is 1.05. The number of rotatable bonds is 2. The molecule has 0 aliphatic carbocycles. The van der Waals surface area contributed by atoms with Gasteiger partial charge in [0.15, 0.2) is 0 Å². The molecule has 0 N–H and O–H groups in total. The zero-order chi connectivity index (χ0) is 17.5. The average Bonchev–Trinajstić information content (AvgIpc) is 2.56. The van der Waals surface area contributed by atoms with Crippen molar-refractivity contribution >= 4 is 5.57 Å². The summed E-state index contributed by atoms with van der Waals surface area (Å²) in [6, 6.07) is 20.9. The zero-order valence-electron chi connectivity index (χ0n) is 15.0. The Bertz CT molecular complexity index is 796. The second-order valence-corrected chi connectivity index (χ2v) is 6.18. The number of aryl methyl sites for hydroxylation is 3. The summed E-state index contributed by atoms with van der Waals surface area (Å²) in [7, 11) is 0. The molecule has 0 saturated carbocycles. The third-order valence-corrected chi connectivity index (χ3v) is 3.83. The molecule has 122 valence electrons. The van der Waals surface area contributed by atoms with Crippen LogP contribution in [0.25, 0.3) is 16.8 Å². The molecule has 0 unspecified atom stereocenters. The molecule has 3 rings (SSSR count). The first-order chi connectivity index (χ1) is 11.5. The van der Waals surface area contributed by atoms with Gasteiger partial charge in [0, 0.05) is 11.8 Å². The van der Waals surface area contributed by atoms with Gasteiger partial charge < -0.3 is 0 Å². The maximum atomic E-state index is 4.40. The summed E-state index contributed by atoms with van der Waals surface area (Å²) in [5.74, 6) is 0. The molecule has 0 aliphatic rings. The van der Waals surface area contributed by atoms with Crippen molar-refractivity contribution in [3.05, 3.63) is 95.7 Å². The van der Waals surface area contributed by atoms with Crippen LogP contribution in [0.1, 0.15) is 29.2 Å². The van der Waals surface area contributed by atoms with Gasteiger partial charge in [0.25, 0.3) is 0 Å². The third-order valence-electron chi connectivity index (χ3n) is 3.83. The molecule has 1 aromatic heterocycles. The van der Waals surface area contributed by atoms with Crippen molar-refractivity contribution < 1.29 is 0 Å². The zero-order valence-corrected chi connectivity index (χ0v) is 15.0. The second-order valence-electron chi connectivity index (χ2n) is 6.18. The number of hydrogen-bond donors (Lipinski definition) is 0. The summed E-state index contributed by atoms with van der Waals surface area (Å²) < 4.78 is 0. The van der Waals surface area contributed by atoms with E-state index < -0.39 is 0 Å². The van der Waals surface area contributed by atoms with E-state index in [0.29, 0.717) is 0 Å². The van der Waals surface area contributed by atoms with Crippen molar-refractivity contribution in [3.63, 3.8) is 0 Å². The molecule has 0 saturated heterocycles. The van der Waals surface area contributed by atoms with Crippen LogP contribution in [0.5, 0.6) is 0 Å². The van der Waals surface area contributed by atoms with Gasteiger partial charge in [-0.05, 0) is 44.9 Å². The monoisotopic (exact) mass is 315 g/mol. The van der Waals surface area contributed by atoms with Gasteiger partial charge in [-0.1, -0.05) is 77.9 Å². The number of aromatic nitrogens is 1. The molecule has 0 bridgehead atoms. The van der Waals surface area contributed by atoms with Crippen molar-refractivity contribution in [1.82, 2.24) is 4.98 Å². The Hall–Kier alpha value is -2.67. The maximum Gasteiger partial charge on any atom is 0.0731 e. The maximum absolute atomic E-state index is 4.40. The van der Waals surface area contributed by atoms with Crippen molar-refractivity contribution in [3.8, 4) is 11.3 Å². The normalized spacial score (nSPS) is 9.83. The minimum Gasteiger partial charge on any atom is -0.256 e. The quantitative estimate of drug-likeness (QED) is 0.533. The van der Waals surface area contributed by atoms with E-state index in [1.54, 1.807) is 0 Å². The first-order valence-corrected chi connectivity index (χ1v) is 8.18. The van der Waals surface area contributed by atoms with Crippen LogP contribution >= 0.6 is 0 Å². The minimum atomic E-state index is 1.05. The summed E-state index contributed by atoms with van der Waals surface area (Å²) >= 11 is 0. The van der Waals surface area contributed by atoms with Crippen LogP contribution < -0.4 is 0 Å². The first kappa shape index (κ1) is 17.7. The Labute approximate surface area is 145 Å². The van der Waals surface area contributed by atoms with E-state index in [-0.39, 0.29) is 0 Å². The molecule has 24 heavy (non-hydrogen) atoms. The van der Waals surface area contributed by atoms with Gasteiger partial charge in [0.2, 0.25) is 0 Å². The Kier molecular flexibility index (Phi) is 6.08. The predicted molar refractivity (Wildman–Crippen MR) is 105 cm³/mol. The largest absolute Gasteiger partial charge is 0.256 e. The molecule has 0 aliphatic heterocycles. The topological polar surface area (TPSA) is 12.9 Å². The molecule has 3 aromatic rings. The van der Waals surface area contributed by atoms with Crippen LogP contribution in [-0.2, 0) is 0 Å². The highest BCUT2D eigenvalue weighted by molar-refractivity contribution is 5.68. The molecule has 1 heteroatoms. The van der Waals surface area contributed by atoms with Gasteiger partial charge >= 0.3 is 0 Å². The van der Waals surface area contributed by atoms with Crippen molar-refractivity contribution in [2.45, 2.75) is 27.7 Å². The van der Waals surface area contributed by atoms with Gasteiger partial charge in [0.1, 0.15) is 0 Å². The first-order valence-electron chi connectivity index (χ1n) is 8.18. The molecule has 1 nitrogen and oxygen atoms in total. The van der Waals surface area contributed by atoms with Gasteiger partial charge in [-0.3, -0.25) is 4.98 Å². The highest BCUT2D eigenvalue weighted by atomic mass is 14.7. The fourth-order valence-corrected chi connectivity index (χ4v) is 2.51. The van der Waals surface area contributed by atoms with E-state index in [4.69, 9.17) is 0 Å². The Balaban J connectivity index is 0.000000219. The number of benzene rings is 2. The van der Waals surface area contributed by atoms with E-state index in [1.165, 1.54) is 22.3 Å². The van der Waals surface area contributed by atoms with E-state index in [0.717, 1.165) is 16.8 Å². The number of pyridine rings is 1. The molecule has 0 spiro atoms. The summed E-state index contributed by atoms with van der Waals surface area (Å²) in [4.78, 5) is 4.40. The number of nitrogens with zero attached hydrogens (tertiary/aromatic N) is 1. The van der Waals surface area contributed by atoms with Crippen LogP contribution in [0.2, 0.25) is 0 Å². The van der Waals surface area contributed by atoms with E-state index in [1.807, 2.05) is 19.2 Å². The fourth-order valence-electron chi connectivity index (χ4n) is 2.51. The molecular weight excluding hydrogens is 290 g/mol. The van der Waals surface area contributed by atoms with Crippen LogP contribution in [-0.4, -0.2) is 4.98 Å². The van der Waals surface area contributed by atoms with Crippen LogP contribution in [0, 0.1) is 20.8 Å². The highest BCUT2D eigenvalue weighted by Gasteiger charge is 2.02. The van der Waals surface area contributed by atoms with Gasteiger partial charge in [-0.15, -0.1) is 0 Å². The van der Waals surface area contributed by atoms with Crippen molar-refractivity contribution in [2.75, 3.05) is 0 Å². The Morgan fingerprint density at radius 3 is 1.92 bits per heavy atom. The van der Waals surface area contributed by atoms with Gasteiger partial charge in [-0.2, -0.15) is 0 Å². The lowest BCUT2D eigenvalue weighted by Gasteiger charge is -2.05. The molecular formula is C23H25N. The lowest BCUT2D eigenvalue weighted by molar-refractivity contribution is 1.27. The molecule has 0 atom stereocenters. The average molecular weight is 315 g/mol. The van der Waals surface area contributed by atoms with Gasteiger partial charge in [0.05, 0.1) is 5.69 Å². The number of allylic oxidation sites excluding steroid dienone is 1. The molecule has 1 heterocycles. The SMILES string of the molecule is C=C(C)c1ccc(-c2ncccc2C)cc1.Cc1cccc(C)c1. The van der Waals surface area contributed by atoms with Crippen LogP contribution in [0.4, 0.5) is 0 Å². The molecule has 0 fully saturated rings. The van der Waals surface area contributed by atoms with Crippen LogP contribution in [0.15, 0.2) is 73.4 Å². The summed E-state index contributed by atoms with van der Waals surface area (Å²) in [6.45, 7) is 12.2. The smallest absolute Gasteiger partial charge is 0.0731 e. The lowest BCUT2D eigenvalue weighted by atomic mass is 10.0. The fraction of sp³-hybridized carbons (Fsp3) is 0.174. The second kappa shape index (κ2) is 8.26. The molecule has 2 aromatic carbocycles. The lowest BCUT2D eigenvalue weighted by Crippen LogP contribution is -1.87. The van der Waals surface area contributed by atoms with E-state index >= 15 is 0 Å².